The summed E-state index contributed by atoms with van der Waals surface area (Å²) >= 11 is 0. The fourth-order valence-electron chi connectivity index (χ4n) is 1.04. The Morgan fingerprint density at radius 1 is 1.40 bits per heavy atom. The van der Waals surface area contributed by atoms with E-state index in [2.05, 4.69) is 5.32 Å². The monoisotopic (exact) mass is 218 g/mol. The van der Waals surface area contributed by atoms with Crippen LogP contribution < -0.4 is 11.1 Å². The predicted octanol–water partition coefficient (Wildman–Crippen LogP) is 2.25. The molecule has 3 N–H and O–H groups in total. The van der Waals surface area contributed by atoms with E-state index in [1.165, 1.54) is 6.92 Å². The van der Waals surface area contributed by atoms with Gasteiger partial charge in [-0.1, -0.05) is 0 Å². The van der Waals surface area contributed by atoms with Crippen LogP contribution in [0.4, 0.5) is 24.5 Å². The zero-order valence-corrected chi connectivity index (χ0v) is 7.85. The van der Waals surface area contributed by atoms with Crippen LogP contribution in [0.25, 0.3) is 0 Å². The number of halogens is 3. The smallest absolute Gasteiger partial charge is 0.397 e. The average molecular weight is 218 g/mol. The minimum atomic E-state index is -4.43. The Morgan fingerprint density at radius 2 is 2.00 bits per heavy atom. The van der Waals surface area contributed by atoms with Crippen LogP contribution >= 0.6 is 0 Å². The third-order valence-corrected chi connectivity index (χ3v) is 1.69. The molecule has 0 bridgehead atoms. The Kier molecular flexibility index (Phi) is 2.88. The van der Waals surface area contributed by atoms with Gasteiger partial charge in [0.15, 0.2) is 0 Å². The van der Waals surface area contributed by atoms with Crippen molar-refractivity contribution in [1.29, 1.82) is 0 Å². The van der Waals surface area contributed by atoms with Crippen molar-refractivity contribution in [3.05, 3.63) is 23.8 Å². The number of nitrogens with one attached hydrogen (secondary N) is 1. The molecular formula is C9H9F3N2O. The predicted molar refractivity (Wildman–Crippen MR) is 50.2 cm³/mol. The van der Waals surface area contributed by atoms with E-state index in [4.69, 9.17) is 5.73 Å². The van der Waals surface area contributed by atoms with Gasteiger partial charge in [-0.25, -0.2) is 0 Å². The summed E-state index contributed by atoms with van der Waals surface area (Å²) < 4.78 is 36.7. The Morgan fingerprint density at radius 3 is 2.40 bits per heavy atom. The summed E-state index contributed by atoms with van der Waals surface area (Å²) in [5.74, 6) is -0.388. The van der Waals surface area contributed by atoms with Gasteiger partial charge in [0.25, 0.3) is 0 Å². The van der Waals surface area contributed by atoms with Crippen molar-refractivity contribution < 1.29 is 18.0 Å². The Balaban J connectivity index is 3.03. The van der Waals surface area contributed by atoms with Gasteiger partial charge in [0.05, 0.1) is 16.9 Å². The molecule has 0 atom stereocenters. The molecule has 0 unspecified atom stereocenters. The van der Waals surface area contributed by atoms with Gasteiger partial charge in [-0.2, -0.15) is 13.2 Å². The number of hydrogen-bond donors (Lipinski definition) is 2. The molecule has 0 fully saturated rings. The van der Waals surface area contributed by atoms with Crippen molar-refractivity contribution in [2.75, 3.05) is 11.1 Å². The number of alkyl halides is 3. The maximum absolute atomic E-state index is 12.2. The van der Waals surface area contributed by atoms with Crippen molar-refractivity contribution >= 4 is 17.3 Å². The largest absolute Gasteiger partial charge is 0.416 e. The number of nitrogens with two attached hydrogens (primary N) is 1. The lowest BCUT2D eigenvalue weighted by Gasteiger charge is -2.10. The number of hydrogen-bond acceptors (Lipinski definition) is 2. The van der Waals surface area contributed by atoms with Crippen molar-refractivity contribution in [1.82, 2.24) is 0 Å². The Hall–Kier alpha value is -1.72. The van der Waals surface area contributed by atoms with E-state index in [0.29, 0.717) is 0 Å². The molecule has 1 aromatic rings. The van der Waals surface area contributed by atoms with Crippen molar-refractivity contribution in [2.45, 2.75) is 13.1 Å². The quantitative estimate of drug-likeness (QED) is 0.710. The summed E-state index contributed by atoms with van der Waals surface area (Å²) in [6.07, 6.45) is -4.43. The van der Waals surface area contributed by atoms with Crippen LogP contribution in [0.1, 0.15) is 12.5 Å². The summed E-state index contributed by atoms with van der Waals surface area (Å²) in [6, 6.07) is 2.77. The third-order valence-electron chi connectivity index (χ3n) is 1.69. The number of nitrogen functional groups attached to an aromatic ring is 1. The first kappa shape index (κ1) is 11.4. The highest BCUT2D eigenvalue weighted by molar-refractivity contribution is 5.92. The first-order valence-corrected chi connectivity index (χ1v) is 4.05. The standard InChI is InChI=1S/C9H9F3N2O/c1-5(15)14-8-3-2-6(4-7(8)13)9(10,11)12/h2-4H,13H2,1H3,(H,14,15). The second kappa shape index (κ2) is 3.80. The maximum Gasteiger partial charge on any atom is 0.416 e. The fourth-order valence-corrected chi connectivity index (χ4v) is 1.04. The van der Waals surface area contributed by atoms with Crippen LogP contribution in [0.5, 0.6) is 0 Å². The molecule has 0 radical (unpaired) electrons. The van der Waals surface area contributed by atoms with Gasteiger partial charge in [-0.15, -0.1) is 0 Å². The Labute approximate surface area is 84.1 Å². The minimum absolute atomic E-state index is 0.111. The topological polar surface area (TPSA) is 55.1 Å². The van der Waals surface area contributed by atoms with Crippen molar-refractivity contribution in [3.63, 3.8) is 0 Å². The van der Waals surface area contributed by atoms with Gasteiger partial charge in [0, 0.05) is 6.92 Å². The summed E-state index contributed by atoms with van der Waals surface area (Å²) in [5.41, 5.74) is 4.58. The van der Waals surface area contributed by atoms with Crippen LogP contribution in [-0.2, 0) is 11.0 Å². The lowest BCUT2D eigenvalue weighted by atomic mass is 10.1. The molecule has 0 aliphatic carbocycles. The molecule has 0 aliphatic heterocycles. The van der Waals surface area contributed by atoms with Gasteiger partial charge < -0.3 is 11.1 Å². The number of rotatable bonds is 1. The zero-order chi connectivity index (χ0) is 11.6. The third kappa shape index (κ3) is 2.87. The summed E-state index contributed by atoms with van der Waals surface area (Å²) in [7, 11) is 0. The molecule has 82 valence electrons. The molecule has 6 heteroatoms. The highest BCUT2D eigenvalue weighted by atomic mass is 19.4. The molecule has 1 aromatic carbocycles. The highest BCUT2D eigenvalue weighted by Gasteiger charge is 2.30. The molecule has 15 heavy (non-hydrogen) atoms. The summed E-state index contributed by atoms with van der Waals surface area (Å²) in [6.45, 7) is 1.25. The lowest BCUT2D eigenvalue weighted by Crippen LogP contribution is -2.10. The zero-order valence-electron chi connectivity index (χ0n) is 7.85. The molecule has 0 saturated carbocycles. The minimum Gasteiger partial charge on any atom is -0.397 e. The highest BCUT2D eigenvalue weighted by Crippen LogP contribution is 2.32. The SMILES string of the molecule is CC(=O)Nc1ccc(C(F)(F)F)cc1N. The number of benzene rings is 1. The maximum atomic E-state index is 12.2. The van der Waals surface area contributed by atoms with Gasteiger partial charge in [0.2, 0.25) is 5.91 Å². The molecule has 1 amide bonds. The second-order valence-corrected chi connectivity index (χ2v) is 2.98. The van der Waals surface area contributed by atoms with E-state index in [1.807, 2.05) is 0 Å². The average Bonchev–Trinajstić information content (AvgIpc) is 2.05. The lowest BCUT2D eigenvalue weighted by molar-refractivity contribution is -0.137. The van der Waals surface area contributed by atoms with E-state index >= 15 is 0 Å². The summed E-state index contributed by atoms with van der Waals surface area (Å²) in [4.78, 5) is 10.7. The molecule has 0 spiro atoms. The molecular weight excluding hydrogens is 209 g/mol. The number of amides is 1. The number of carbonyl (C=O) groups is 1. The van der Waals surface area contributed by atoms with Crippen LogP contribution in [0, 0.1) is 0 Å². The van der Waals surface area contributed by atoms with E-state index in [9.17, 15) is 18.0 Å². The van der Waals surface area contributed by atoms with Crippen molar-refractivity contribution in [3.8, 4) is 0 Å². The van der Waals surface area contributed by atoms with Crippen LogP contribution in [0.15, 0.2) is 18.2 Å². The molecule has 0 heterocycles. The number of anilines is 2. The van der Waals surface area contributed by atoms with Crippen LogP contribution in [0.2, 0.25) is 0 Å². The van der Waals surface area contributed by atoms with E-state index in [-0.39, 0.29) is 17.3 Å². The molecule has 0 aromatic heterocycles. The fraction of sp³-hybridized carbons (Fsp3) is 0.222. The molecule has 0 saturated heterocycles. The number of carbonyl (C=O) groups excluding carboxylic acids is 1. The van der Waals surface area contributed by atoms with E-state index in [1.54, 1.807) is 0 Å². The normalized spacial score (nSPS) is 11.2. The summed E-state index contributed by atoms with van der Waals surface area (Å²) in [5, 5.41) is 2.32. The molecule has 0 aliphatic rings. The van der Waals surface area contributed by atoms with E-state index < -0.39 is 11.7 Å². The van der Waals surface area contributed by atoms with Crippen LogP contribution in [-0.4, -0.2) is 5.91 Å². The first-order valence-electron chi connectivity index (χ1n) is 4.05. The molecule has 1 rings (SSSR count). The van der Waals surface area contributed by atoms with Gasteiger partial charge in [-0.05, 0) is 18.2 Å². The van der Waals surface area contributed by atoms with Gasteiger partial charge >= 0.3 is 6.18 Å². The Bertz CT molecular complexity index is 387. The molecule has 3 nitrogen and oxygen atoms in total. The van der Waals surface area contributed by atoms with Crippen molar-refractivity contribution in [2.24, 2.45) is 0 Å². The van der Waals surface area contributed by atoms with Gasteiger partial charge in [0.1, 0.15) is 0 Å². The van der Waals surface area contributed by atoms with Crippen LogP contribution in [0.3, 0.4) is 0 Å². The second-order valence-electron chi connectivity index (χ2n) is 2.98. The van der Waals surface area contributed by atoms with Gasteiger partial charge in [-0.3, -0.25) is 4.79 Å². The first-order chi connectivity index (χ1) is 6.80. The van der Waals surface area contributed by atoms with E-state index in [0.717, 1.165) is 18.2 Å².